The van der Waals surface area contributed by atoms with Crippen LogP contribution < -0.4 is 15.0 Å². The van der Waals surface area contributed by atoms with Crippen LogP contribution in [0.15, 0.2) is 36.4 Å². The van der Waals surface area contributed by atoms with Crippen molar-refractivity contribution in [2.75, 3.05) is 56.2 Å². The molecule has 1 N–H and O–H groups in total. The van der Waals surface area contributed by atoms with E-state index in [1.807, 2.05) is 38.1 Å². The number of hydrogen-bond acceptors (Lipinski definition) is 6. The van der Waals surface area contributed by atoms with Crippen molar-refractivity contribution in [2.45, 2.75) is 27.7 Å². The monoisotopic (exact) mass is 439 g/mol. The number of amides is 1. The van der Waals surface area contributed by atoms with Crippen molar-refractivity contribution in [2.24, 2.45) is 0 Å². The molecule has 0 aromatic heterocycles. The Morgan fingerprint density at radius 2 is 1.78 bits per heavy atom. The maximum Gasteiger partial charge on any atom is 0.338 e. The average Bonchev–Trinajstić information content (AvgIpc) is 2.80. The number of hydrogen-bond donors (Lipinski definition) is 1. The second kappa shape index (κ2) is 11.0. The Bertz CT molecular complexity index is 952. The van der Waals surface area contributed by atoms with Gasteiger partial charge < -0.3 is 24.6 Å². The molecular weight excluding hydrogens is 406 g/mol. The summed E-state index contributed by atoms with van der Waals surface area (Å²) < 4.78 is 10.9. The molecule has 1 saturated heterocycles. The lowest BCUT2D eigenvalue weighted by Gasteiger charge is -2.36. The van der Waals surface area contributed by atoms with E-state index >= 15 is 0 Å². The van der Waals surface area contributed by atoms with Gasteiger partial charge in [-0.3, -0.25) is 4.79 Å². The van der Waals surface area contributed by atoms with Gasteiger partial charge in [-0.15, -0.1) is 0 Å². The maximum absolute atomic E-state index is 12.7. The number of piperazine rings is 1. The number of anilines is 2. The van der Waals surface area contributed by atoms with E-state index in [1.165, 1.54) is 0 Å². The molecule has 0 atom stereocenters. The molecule has 0 radical (unpaired) electrons. The highest BCUT2D eigenvalue weighted by Gasteiger charge is 2.21. The van der Waals surface area contributed by atoms with Gasteiger partial charge in [-0.1, -0.05) is 19.1 Å². The second-order valence-electron chi connectivity index (χ2n) is 7.91. The first-order valence-corrected chi connectivity index (χ1v) is 11.2. The Labute approximate surface area is 190 Å². The first-order valence-electron chi connectivity index (χ1n) is 11.2. The molecule has 1 heterocycles. The lowest BCUT2D eigenvalue weighted by molar-refractivity contribution is -0.118. The van der Waals surface area contributed by atoms with E-state index in [4.69, 9.17) is 9.47 Å². The van der Waals surface area contributed by atoms with E-state index in [9.17, 15) is 9.59 Å². The normalized spacial score (nSPS) is 14.2. The van der Waals surface area contributed by atoms with Gasteiger partial charge in [0.15, 0.2) is 6.61 Å². The zero-order valence-electron chi connectivity index (χ0n) is 19.4. The van der Waals surface area contributed by atoms with Crippen LogP contribution in [-0.2, 0) is 9.53 Å². The van der Waals surface area contributed by atoms with Crippen LogP contribution in [0.5, 0.6) is 5.75 Å². The number of esters is 1. The molecule has 0 spiro atoms. The van der Waals surface area contributed by atoms with Gasteiger partial charge in [-0.05, 0) is 62.7 Å². The van der Waals surface area contributed by atoms with Crippen molar-refractivity contribution in [1.29, 1.82) is 0 Å². The van der Waals surface area contributed by atoms with Crippen LogP contribution in [0, 0.1) is 13.8 Å². The quantitative estimate of drug-likeness (QED) is 0.634. The maximum atomic E-state index is 12.7. The molecule has 3 rings (SSSR count). The summed E-state index contributed by atoms with van der Waals surface area (Å²) in [5.41, 5.74) is 4.02. The number of ether oxygens (including phenoxy) is 2. The fraction of sp³-hybridized carbons (Fsp3) is 0.440. The molecule has 2 aromatic carbocycles. The van der Waals surface area contributed by atoms with Crippen LogP contribution in [0.1, 0.15) is 35.3 Å². The number of aryl methyl sites for hydroxylation is 1. The predicted molar refractivity (Wildman–Crippen MR) is 127 cm³/mol. The Morgan fingerprint density at radius 3 is 2.47 bits per heavy atom. The molecule has 0 saturated carbocycles. The molecule has 0 bridgehead atoms. The minimum atomic E-state index is -0.406. The summed E-state index contributed by atoms with van der Waals surface area (Å²) in [6.07, 6.45) is 0. The Balaban J connectivity index is 1.76. The van der Waals surface area contributed by atoms with Gasteiger partial charge in [0.1, 0.15) is 5.75 Å². The largest absolute Gasteiger partial charge is 0.483 e. The zero-order chi connectivity index (χ0) is 23.1. The van der Waals surface area contributed by atoms with Crippen LogP contribution >= 0.6 is 0 Å². The minimum absolute atomic E-state index is 0.114. The fourth-order valence-corrected chi connectivity index (χ4v) is 3.77. The van der Waals surface area contributed by atoms with Crippen molar-refractivity contribution >= 4 is 23.3 Å². The summed E-state index contributed by atoms with van der Waals surface area (Å²) in [4.78, 5) is 29.6. The third kappa shape index (κ3) is 5.79. The molecule has 32 heavy (non-hydrogen) atoms. The lowest BCUT2D eigenvalue weighted by Crippen LogP contribution is -2.46. The standard InChI is InChI=1S/C25H33N3O4/c1-5-27-12-14-28(15-13-27)22-11-10-20(25(30)31-6-2)16-21(22)26-24(29)17-32-23-9-7-8-18(3)19(23)4/h7-11,16H,5-6,12-15,17H2,1-4H3,(H,26,29). The summed E-state index contributed by atoms with van der Waals surface area (Å²) in [6, 6.07) is 11.1. The molecule has 0 aliphatic carbocycles. The Kier molecular flexibility index (Phi) is 8.11. The average molecular weight is 440 g/mol. The third-order valence-corrected chi connectivity index (χ3v) is 5.86. The molecule has 172 valence electrons. The summed E-state index contributed by atoms with van der Waals surface area (Å²) in [7, 11) is 0. The number of likely N-dealkylation sites (N-methyl/N-ethyl adjacent to an activating group) is 1. The Morgan fingerprint density at radius 1 is 1.03 bits per heavy atom. The van der Waals surface area contributed by atoms with Crippen molar-refractivity contribution in [3.8, 4) is 5.75 Å². The van der Waals surface area contributed by atoms with Crippen LogP contribution in [-0.4, -0.2) is 62.7 Å². The van der Waals surface area contributed by atoms with Crippen LogP contribution in [0.3, 0.4) is 0 Å². The van der Waals surface area contributed by atoms with Crippen molar-refractivity contribution in [3.63, 3.8) is 0 Å². The topological polar surface area (TPSA) is 71.1 Å². The number of carbonyl (C=O) groups is 2. The molecule has 2 aromatic rings. The van der Waals surface area contributed by atoms with Crippen molar-refractivity contribution in [1.82, 2.24) is 4.90 Å². The number of nitrogens with zero attached hydrogens (tertiary/aromatic N) is 2. The number of nitrogens with one attached hydrogen (secondary N) is 1. The highest BCUT2D eigenvalue weighted by molar-refractivity contribution is 5.98. The SMILES string of the molecule is CCOC(=O)c1ccc(N2CCN(CC)CC2)c(NC(=O)COc2cccc(C)c2C)c1. The van der Waals surface area contributed by atoms with Gasteiger partial charge >= 0.3 is 5.97 Å². The Hall–Kier alpha value is -3.06. The summed E-state index contributed by atoms with van der Waals surface area (Å²) in [5, 5.41) is 2.95. The second-order valence-corrected chi connectivity index (χ2v) is 7.91. The van der Waals surface area contributed by atoms with E-state index in [0.29, 0.717) is 23.6 Å². The highest BCUT2D eigenvalue weighted by Crippen LogP contribution is 2.29. The molecule has 1 aliphatic heterocycles. The third-order valence-electron chi connectivity index (χ3n) is 5.86. The molecule has 1 aliphatic rings. The van der Waals surface area contributed by atoms with E-state index in [2.05, 4.69) is 22.0 Å². The number of rotatable bonds is 8. The number of carbonyl (C=O) groups excluding carboxylic acids is 2. The van der Waals surface area contributed by atoms with Crippen LogP contribution in [0.2, 0.25) is 0 Å². The van der Waals surface area contributed by atoms with Gasteiger partial charge in [0.05, 0.1) is 23.5 Å². The summed E-state index contributed by atoms with van der Waals surface area (Å²) in [6.45, 7) is 12.7. The summed E-state index contributed by atoms with van der Waals surface area (Å²) >= 11 is 0. The van der Waals surface area contributed by atoms with Crippen molar-refractivity contribution in [3.05, 3.63) is 53.1 Å². The molecule has 7 heteroatoms. The van der Waals surface area contributed by atoms with E-state index in [1.54, 1.807) is 19.1 Å². The zero-order valence-corrected chi connectivity index (χ0v) is 19.4. The first-order chi connectivity index (χ1) is 15.4. The van der Waals surface area contributed by atoms with Gasteiger partial charge in [0, 0.05) is 26.2 Å². The fourth-order valence-electron chi connectivity index (χ4n) is 3.77. The van der Waals surface area contributed by atoms with E-state index in [-0.39, 0.29) is 12.5 Å². The van der Waals surface area contributed by atoms with Crippen molar-refractivity contribution < 1.29 is 19.1 Å². The van der Waals surface area contributed by atoms with Crippen LogP contribution in [0.25, 0.3) is 0 Å². The minimum Gasteiger partial charge on any atom is -0.483 e. The first kappa shape index (κ1) is 23.6. The van der Waals surface area contributed by atoms with E-state index < -0.39 is 5.97 Å². The lowest BCUT2D eigenvalue weighted by atomic mass is 10.1. The van der Waals surface area contributed by atoms with Gasteiger partial charge in [-0.25, -0.2) is 4.79 Å². The predicted octanol–water partition coefficient (Wildman–Crippen LogP) is 3.64. The molecule has 7 nitrogen and oxygen atoms in total. The molecule has 1 fully saturated rings. The molecule has 0 unspecified atom stereocenters. The van der Waals surface area contributed by atoms with Gasteiger partial charge in [0.2, 0.25) is 0 Å². The summed E-state index contributed by atoms with van der Waals surface area (Å²) in [5.74, 6) is 0.00804. The number of benzene rings is 2. The molecule has 1 amide bonds. The van der Waals surface area contributed by atoms with Crippen LogP contribution in [0.4, 0.5) is 11.4 Å². The van der Waals surface area contributed by atoms with Gasteiger partial charge in [-0.2, -0.15) is 0 Å². The van der Waals surface area contributed by atoms with E-state index in [0.717, 1.165) is 49.5 Å². The van der Waals surface area contributed by atoms with Gasteiger partial charge in [0.25, 0.3) is 5.91 Å². The smallest absolute Gasteiger partial charge is 0.338 e. The molecular formula is C25H33N3O4. The highest BCUT2D eigenvalue weighted by atomic mass is 16.5.